The third-order valence-corrected chi connectivity index (χ3v) is 5.56. The van der Waals surface area contributed by atoms with Gasteiger partial charge in [-0.15, -0.1) is 0 Å². The number of hydrogen-bond acceptors (Lipinski definition) is 5. The Morgan fingerprint density at radius 1 is 1.12 bits per heavy atom. The summed E-state index contributed by atoms with van der Waals surface area (Å²) < 4.78 is 5.93. The fourth-order valence-electron chi connectivity index (χ4n) is 3.42. The Morgan fingerprint density at radius 2 is 1.78 bits per heavy atom. The molecule has 0 aromatic heterocycles. The summed E-state index contributed by atoms with van der Waals surface area (Å²) in [6, 6.07) is 12.9. The molecule has 1 aliphatic heterocycles. The molecule has 0 radical (unpaired) electrons. The lowest BCUT2D eigenvalue weighted by atomic mass is 10.1. The summed E-state index contributed by atoms with van der Waals surface area (Å²) >= 11 is 3.31. The summed E-state index contributed by atoms with van der Waals surface area (Å²) in [6.45, 7) is 0.132. The van der Waals surface area contributed by atoms with Gasteiger partial charge in [0.15, 0.2) is 0 Å². The van der Waals surface area contributed by atoms with Crippen molar-refractivity contribution in [3.8, 4) is 5.75 Å². The summed E-state index contributed by atoms with van der Waals surface area (Å²) in [4.78, 5) is 51.7. The second-order valence-corrected chi connectivity index (χ2v) is 7.98. The van der Waals surface area contributed by atoms with Gasteiger partial charge in [0.1, 0.15) is 11.8 Å². The molecule has 0 bridgehead atoms. The minimum absolute atomic E-state index is 0.132. The molecule has 1 N–H and O–H groups in total. The molecule has 3 rings (SSSR count). The number of imide groups is 1. The number of amides is 3. The van der Waals surface area contributed by atoms with Gasteiger partial charge in [0, 0.05) is 23.2 Å². The first kappa shape index (κ1) is 23.2. The highest BCUT2D eigenvalue weighted by atomic mass is 79.9. The Morgan fingerprint density at radius 3 is 2.38 bits per heavy atom. The molecule has 1 aliphatic rings. The number of halogens is 1. The molecule has 2 aromatic carbocycles. The summed E-state index contributed by atoms with van der Waals surface area (Å²) in [6.07, 6.45) is 1.85. The number of ether oxygens (including phenoxy) is 1. The maximum Gasteiger partial charge on any atom is 0.328 e. The number of carbonyl (C=O) groups excluding carboxylic acids is 3. The average molecular weight is 501 g/mol. The number of anilines is 1. The highest BCUT2D eigenvalue weighted by molar-refractivity contribution is 9.10. The van der Waals surface area contributed by atoms with Gasteiger partial charge in [-0.2, -0.15) is 0 Å². The maximum absolute atomic E-state index is 13.1. The van der Waals surface area contributed by atoms with Crippen molar-refractivity contribution in [3.05, 3.63) is 70.7 Å². The molecular formula is C23H21BrN2O6. The van der Waals surface area contributed by atoms with Crippen molar-refractivity contribution in [2.24, 2.45) is 0 Å². The fraction of sp³-hybridized carbons (Fsp3) is 0.217. The number of carboxylic acids is 1. The lowest BCUT2D eigenvalue weighted by molar-refractivity contribution is -0.135. The number of hydrogen-bond donors (Lipinski definition) is 1. The number of nitrogens with zero attached hydrogens (tertiary/aromatic N) is 2. The van der Waals surface area contributed by atoms with Gasteiger partial charge in [-0.25, -0.2) is 9.69 Å². The molecule has 1 saturated heterocycles. The first-order chi connectivity index (χ1) is 15.3. The molecule has 1 atom stereocenters. The Hall–Kier alpha value is -3.46. The fourth-order valence-corrected chi connectivity index (χ4v) is 3.68. The number of benzene rings is 2. The van der Waals surface area contributed by atoms with Crippen molar-refractivity contribution >= 4 is 45.3 Å². The number of aliphatic carboxylic acids is 1. The molecular weight excluding hydrogens is 480 g/mol. The van der Waals surface area contributed by atoms with Crippen LogP contribution in [-0.2, 0) is 25.6 Å². The van der Waals surface area contributed by atoms with Gasteiger partial charge in [0.25, 0.3) is 5.91 Å². The maximum atomic E-state index is 13.1. The molecule has 1 heterocycles. The standard InChI is InChI=1S/C23H21BrN2O6/c1-32-18-8-2-15(3-9-18)12-13-25(20(27)10-11-22(29)30)19-14-21(28)26(23(19)31)17-6-4-16(24)5-7-17/h2-11,19H,12-14H2,1H3,(H,29,30)/b11-10-/t19-/m0/s1. The first-order valence-corrected chi connectivity index (χ1v) is 10.6. The Labute approximate surface area is 193 Å². The van der Waals surface area contributed by atoms with E-state index in [4.69, 9.17) is 9.84 Å². The van der Waals surface area contributed by atoms with E-state index in [1.54, 1.807) is 43.5 Å². The van der Waals surface area contributed by atoms with Crippen LogP contribution < -0.4 is 9.64 Å². The van der Waals surface area contributed by atoms with E-state index in [0.717, 1.165) is 27.1 Å². The molecule has 0 aliphatic carbocycles. The lowest BCUT2D eigenvalue weighted by Crippen LogP contribution is -2.45. The minimum atomic E-state index is -1.28. The number of rotatable bonds is 8. The van der Waals surface area contributed by atoms with Crippen LogP contribution in [0.2, 0.25) is 0 Å². The largest absolute Gasteiger partial charge is 0.497 e. The summed E-state index contributed by atoms with van der Waals surface area (Å²) in [5.41, 5.74) is 1.31. The highest BCUT2D eigenvalue weighted by Gasteiger charge is 2.43. The summed E-state index contributed by atoms with van der Waals surface area (Å²) in [5.74, 6) is -2.19. The van der Waals surface area contributed by atoms with E-state index in [2.05, 4.69) is 15.9 Å². The zero-order valence-corrected chi connectivity index (χ0v) is 18.8. The topological polar surface area (TPSA) is 104 Å². The second kappa shape index (κ2) is 10.2. The molecule has 8 nitrogen and oxygen atoms in total. The Kier molecular flexibility index (Phi) is 7.42. The first-order valence-electron chi connectivity index (χ1n) is 9.77. The molecule has 166 valence electrons. The van der Waals surface area contributed by atoms with Gasteiger partial charge in [-0.05, 0) is 48.4 Å². The molecule has 3 amide bonds. The van der Waals surface area contributed by atoms with Gasteiger partial charge in [-0.1, -0.05) is 28.1 Å². The molecule has 2 aromatic rings. The molecule has 32 heavy (non-hydrogen) atoms. The third kappa shape index (κ3) is 5.42. The van der Waals surface area contributed by atoms with Crippen LogP contribution in [0.25, 0.3) is 0 Å². The smallest absolute Gasteiger partial charge is 0.328 e. The second-order valence-electron chi connectivity index (χ2n) is 7.07. The van der Waals surface area contributed by atoms with Crippen molar-refractivity contribution in [1.29, 1.82) is 0 Å². The van der Waals surface area contributed by atoms with E-state index < -0.39 is 29.7 Å². The van der Waals surface area contributed by atoms with Gasteiger partial charge in [-0.3, -0.25) is 14.4 Å². The summed E-state index contributed by atoms with van der Waals surface area (Å²) in [5, 5.41) is 8.87. The molecule has 0 saturated carbocycles. The van der Waals surface area contributed by atoms with Gasteiger partial charge < -0.3 is 14.7 Å². The van der Waals surface area contributed by atoms with Gasteiger partial charge in [0.2, 0.25) is 11.8 Å². The summed E-state index contributed by atoms with van der Waals surface area (Å²) in [7, 11) is 1.56. The van der Waals surface area contributed by atoms with Crippen LogP contribution in [0, 0.1) is 0 Å². The molecule has 0 spiro atoms. The third-order valence-electron chi connectivity index (χ3n) is 5.04. The van der Waals surface area contributed by atoms with Crippen LogP contribution in [0.4, 0.5) is 5.69 Å². The monoisotopic (exact) mass is 500 g/mol. The van der Waals surface area contributed by atoms with Crippen LogP contribution in [0.5, 0.6) is 5.75 Å². The SMILES string of the molecule is COc1ccc(CCN(C(=O)/C=C\C(=O)O)[C@H]2CC(=O)N(c3ccc(Br)cc3)C2=O)cc1. The van der Waals surface area contributed by atoms with Crippen molar-refractivity contribution in [2.75, 3.05) is 18.6 Å². The molecule has 0 unspecified atom stereocenters. The van der Waals surface area contributed by atoms with Crippen molar-refractivity contribution in [3.63, 3.8) is 0 Å². The van der Waals surface area contributed by atoms with Crippen LogP contribution >= 0.6 is 15.9 Å². The molecule has 9 heteroatoms. The van der Waals surface area contributed by atoms with Crippen LogP contribution in [-0.4, -0.2) is 53.4 Å². The van der Waals surface area contributed by atoms with Crippen LogP contribution in [0.1, 0.15) is 12.0 Å². The van der Waals surface area contributed by atoms with E-state index in [0.29, 0.717) is 17.9 Å². The predicted molar refractivity (Wildman–Crippen MR) is 120 cm³/mol. The number of carbonyl (C=O) groups is 4. The van der Waals surface area contributed by atoms with Crippen LogP contribution in [0.15, 0.2) is 65.2 Å². The lowest BCUT2D eigenvalue weighted by Gasteiger charge is -2.26. The van der Waals surface area contributed by atoms with Crippen molar-refractivity contribution in [1.82, 2.24) is 4.90 Å². The van der Waals surface area contributed by atoms with Crippen molar-refractivity contribution in [2.45, 2.75) is 18.9 Å². The zero-order chi connectivity index (χ0) is 23.3. The van der Waals surface area contributed by atoms with Crippen LogP contribution in [0.3, 0.4) is 0 Å². The van der Waals surface area contributed by atoms with E-state index in [-0.39, 0.29) is 13.0 Å². The zero-order valence-electron chi connectivity index (χ0n) is 17.2. The van der Waals surface area contributed by atoms with E-state index in [1.165, 1.54) is 4.90 Å². The average Bonchev–Trinajstić information content (AvgIpc) is 3.07. The van der Waals surface area contributed by atoms with E-state index in [1.807, 2.05) is 12.1 Å². The predicted octanol–water partition coefficient (Wildman–Crippen LogP) is 2.80. The quantitative estimate of drug-likeness (QED) is 0.441. The minimum Gasteiger partial charge on any atom is -0.497 e. The number of carboxylic acid groups (broad SMARTS) is 1. The van der Waals surface area contributed by atoms with Gasteiger partial charge in [0.05, 0.1) is 19.2 Å². The number of methoxy groups -OCH3 is 1. The normalized spacial score (nSPS) is 15.9. The van der Waals surface area contributed by atoms with E-state index >= 15 is 0 Å². The van der Waals surface area contributed by atoms with Gasteiger partial charge >= 0.3 is 5.97 Å². The Bertz CT molecular complexity index is 1050. The van der Waals surface area contributed by atoms with Crippen molar-refractivity contribution < 1.29 is 29.0 Å². The highest BCUT2D eigenvalue weighted by Crippen LogP contribution is 2.27. The Balaban J connectivity index is 1.83. The molecule has 1 fully saturated rings. The van der Waals surface area contributed by atoms with E-state index in [9.17, 15) is 19.2 Å².